The molecule has 6 heteroatoms. The molecule has 0 atom stereocenters. The summed E-state index contributed by atoms with van der Waals surface area (Å²) in [5, 5.41) is 10.1. The lowest BCUT2D eigenvalue weighted by atomic mass is 10.2. The summed E-state index contributed by atoms with van der Waals surface area (Å²) < 4.78 is 4.99. The van der Waals surface area contributed by atoms with E-state index in [-0.39, 0.29) is 5.69 Å². The van der Waals surface area contributed by atoms with Gasteiger partial charge in [-0.05, 0) is 32.6 Å². The van der Waals surface area contributed by atoms with Gasteiger partial charge in [-0.1, -0.05) is 0 Å². The molecule has 0 bridgehead atoms. The molecule has 5 nitrogen and oxygen atoms in total. The number of nitriles is 1. The number of rotatable bonds is 6. The zero-order valence-corrected chi connectivity index (χ0v) is 12.6. The second kappa shape index (κ2) is 6.14. The average Bonchev–Trinajstić information content (AvgIpc) is 3.19. The summed E-state index contributed by atoms with van der Waals surface area (Å²) in [6.07, 6.45) is 2.48. The third-order valence-electron chi connectivity index (χ3n) is 3.34. The fraction of sp³-hybridized carbons (Fsp3) is 0.571. The molecule has 0 aliphatic heterocycles. The normalized spacial score (nSPS) is 13.8. The minimum Gasteiger partial charge on any atom is -0.462 e. The Kier molecular flexibility index (Phi) is 4.50. The van der Waals surface area contributed by atoms with Crippen LogP contribution in [0.5, 0.6) is 0 Å². The van der Waals surface area contributed by atoms with Gasteiger partial charge in [-0.15, -0.1) is 11.3 Å². The summed E-state index contributed by atoms with van der Waals surface area (Å²) in [5.41, 5.74) is 6.60. The first kappa shape index (κ1) is 14.7. The highest BCUT2D eigenvalue weighted by Gasteiger charge is 2.29. The van der Waals surface area contributed by atoms with E-state index >= 15 is 0 Å². The van der Waals surface area contributed by atoms with Crippen molar-refractivity contribution in [1.82, 2.24) is 0 Å². The van der Waals surface area contributed by atoms with Crippen molar-refractivity contribution in [3.63, 3.8) is 0 Å². The molecule has 2 N–H and O–H groups in total. The van der Waals surface area contributed by atoms with Crippen molar-refractivity contribution in [1.29, 1.82) is 5.26 Å². The molecule has 20 heavy (non-hydrogen) atoms. The molecule has 1 aliphatic rings. The number of nitrogen functional groups attached to an aromatic ring is 1. The lowest BCUT2D eigenvalue weighted by molar-refractivity contribution is 0.0533. The van der Waals surface area contributed by atoms with Crippen molar-refractivity contribution < 1.29 is 9.53 Å². The molecule has 0 saturated heterocycles. The number of nitrogens with zero attached hydrogens (tertiary/aromatic N) is 2. The molecule has 1 saturated carbocycles. The molecule has 0 radical (unpaired) electrons. The van der Waals surface area contributed by atoms with E-state index in [4.69, 9.17) is 10.5 Å². The fourth-order valence-corrected chi connectivity index (χ4v) is 3.22. The van der Waals surface area contributed by atoms with Crippen LogP contribution in [0, 0.1) is 17.2 Å². The van der Waals surface area contributed by atoms with Crippen LogP contribution in [0.25, 0.3) is 0 Å². The van der Waals surface area contributed by atoms with Gasteiger partial charge in [0.2, 0.25) is 0 Å². The number of carbonyl (C=O) groups is 1. The molecule has 0 amide bonds. The number of ether oxygens (including phenoxy) is 1. The highest BCUT2D eigenvalue weighted by atomic mass is 32.1. The molecule has 1 aromatic heterocycles. The van der Waals surface area contributed by atoms with Gasteiger partial charge >= 0.3 is 5.97 Å². The predicted octanol–water partition coefficient (Wildman–Crippen LogP) is 2.61. The van der Waals surface area contributed by atoms with Gasteiger partial charge in [-0.25, -0.2) is 4.79 Å². The third kappa shape index (κ3) is 2.88. The average molecular weight is 293 g/mol. The molecule has 1 aromatic rings. The maximum absolute atomic E-state index is 11.9. The van der Waals surface area contributed by atoms with Gasteiger partial charge in [0.1, 0.15) is 21.5 Å². The highest BCUT2D eigenvalue weighted by Crippen LogP contribution is 2.40. The van der Waals surface area contributed by atoms with Crippen LogP contribution in [0.15, 0.2) is 0 Å². The van der Waals surface area contributed by atoms with Gasteiger partial charge in [-0.3, -0.25) is 0 Å². The topological polar surface area (TPSA) is 79.3 Å². The fourth-order valence-electron chi connectivity index (χ4n) is 2.08. The second-order valence-corrected chi connectivity index (χ2v) is 5.84. The number of anilines is 2. The van der Waals surface area contributed by atoms with Crippen LogP contribution in [0.1, 0.15) is 41.9 Å². The second-order valence-electron chi connectivity index (χ2n) is 4.84. The number of thiophene rings is 1. The number of carbonyl (C=O) groups excluding carboxylic acids is 1. The van der Waals surface area contributed by atoms with Crippen molar-refractivity contribution in [3.8, 4) is 6.07 Å². The Bertz CT molecular complexity index is 543. The molecule has 1 fully saturated rings. The van der Waals surface area contributed by atoms with Gasteiger partial charge in [0.25, 0.3) is 0 Å². The largest absolute Gasteiger partial charge is 0.462 e. The van der Waals surface area contributed by atoms with Crippen LogP contribution in [0.4, 0.5) is 10.7 Å². The summed E-state index contributed by atoms with van der Waals surface area (Å²) in [6.45, 7) is 5.82. The van der Waals surface area contributed by atoms with Crippen LogP contribution >= 0.6 is 11.3 Å². The molecule has 2 rings (SSSR count). The number of hydrogen-bond acceptors (Lipinski definition) is 6. The molecule has 1 heterocycles. The minimum absolute atomic E-state index is 0.250. The van der Waals surface area contributed by atoms with Crippen molar-refractivity contribution in [2.24, 2.45) is 5.92 Å². The van der Waals surface area contributed by atoms with Crippen molar-refractivity contribution in [3.05, 3.63) is 10.4 Å². The van der Waals surface area contributed by atoms with E-state index in [1.54, 1.807) is 6.92 Å². The van der Waals surface area contributed by atoms with Gasteiger partial charge in [-0.2, -0.15) is 5.26 Å². The van der Waals surface area contributed by atoms with Crippen molar-refractivity contribution in [2.75, 3.05) is 30.3 Å². The Balaban J connectivity index is 2.33. The molecule has 1 aliphatic carbocycles. The lowest BCUT2D eigenvalue weighted by Crippen LogP contribution is -2.24. The molecular weight excluding hydrogens is 274 g/mol. The minimum atomic E-state index is -0.444. The summed E-state index contributed by atoms with van der Waals surface area (Å²) >= 11 is 1.27. The van der Waals surface area contributed by atoms with Gasteiger partial charge in [0.15, 0.2) is 0 Å². The van der Waals surface area contributed by atoms with Crippen LogP contribution in [0.2, 0.25) is 0 Å². The van der Waals surface area contributed by atoms with Crippen molar-refractivity contribution in [2.45, 2.75) is 26.7 Å². The standard InChI is InChI=1S/C14H19N3O2S/c1-3-17(8-9-5-6-9)13-10(7-15)11(16)12(20-13)14(18)19-4-2/h9H,3-6,8,16H2,1-2H3. The van der Waals surface area contributed by atoms with E-state index in [1.165, 1.54) is 24.2 Å². The van der Waals surface area contributed by atoms with Crippen LogP contribution in [0.3, 0.4) is 0 Å². The van der Waals surface area contributed by atoms with E-state index in [0.717, 1.165) is 18.1 Å². The van der Waals surface area contributed by atoms with E-state index in [1.807, 2.05) is 6.92 Å². The zero-order valence-electron chi connectivity index (χ0n) is 11.8. The molecule has 0 aromatic carbocycles. The van der Waals surface area contributed by atoms with Crippen molar-refractivity contribution >= 4 is 28.0 Å². The quantitative estimate of drug-likeness (QED) is 0.816. The van der Waals surface area contributed by atoms with Gasteiger partial charge < -0.3 is 15.4 Å². The first-order chi connectivity index (χ1) is 9.62. The maximum Gasteiger partial charge on any atom is 0.350 e. The Morgan fingerprint density at radius 2 is 2.25 bits per heavy atom. The highest BCUT2D eigenvalue weighted by molar-refractivity contribution is 7.18. The van der Waals surface area contributed by atoms with Gasteiger partial charge in [0.05, 0.1) is 12.3 Å². The molecule has 0 spiro atoms. The Morgan fingerprint density at radius 1 is 1.55 bits per heavy atom. The van der Waals surface area contributed by atoms with E-state index < -0.39 is 5.97 Å². The monoisotopic (exact) mass is 293 g/mol. The third-order valence-corrected chi connectivity index (χ3v) is 4.59. The zero-order chi connectivity index (χ0) is 14.7. The van der Waals surface area contributed by atoms with Crippen LogP contribution in [-0.4, -0.2) is 25.7 Å². The summed E-state index contributed by atoms with van der Waals surface area (Å²) in [7, 11) is 0. The first-order valence-corrected chi connectivity index (χ1v) is 7.68. The van der Waals surface area contributed by atoms with E-state index in [0.29, 0.717) is 23.0 Å². The van der Waals surface area contributed by atoms with E-state index in [2.05, 4.69) is 11.0 Å². The molecular formula is C14H19N3O2S. The summed E-state index contributed by atoms with van der Waals surface area (Å²) in [6, 6.07) is 2.13. The van der Waals surface area contributed by atoms with Crippen LogP contribution in [-0.2, 0) is 4.74 Å². The SMILES string of the molecule is CCOC(=O)c1sc(N(CC)CC2CC2)c(C#N)c1N. The molecule has 108 valence electrons. The number of nitrogens with two attached hydrogens (primary N) is 1. The van der Waals surface area contributed by atoms with Gasteiger partial charge in [0, 0.05) is 13.1 Å². The molecule has 0 unspecified atom stereocenters. The predicted molar refractivity (Wildman–Crippen MR) is 80.0 cm³/mol. The Hall–Kier alpha value is -1.74. The first-order valence-electron chi connectivity index (χ1n) is 6.86. The summed E-state index contributed by atoms with van der Waals surface area (Å²) in [5.74, 6) is 0.260. The lowest BCUT2D eigenvalue weighted by Gasteiger charge is -2.21. The Morgan fingerprint density at radius 3 is 2.75 bits per heavy atom. The smallest absolute Gasteiger partial charge is 0.350 e. The number of hydrogen-bond donors (Lipinski definition) is 1. The van der Waals surface area contributed by atoms with E-state index in [9.17, 15) is 10.1 Å². The maximum atomic E-state index is 11.9. The number of esters is 1. The Labute approximate surface area is 122 Å². The van der Waals surface area contributed by atoms with Crippen LogP contribution < -0.4 is 10.6 Å². The summed E-state index contributed by atoms with van der Waals surface area (Å²) in [4.78, 5) is 14.4.